The minimum Gasteiger partial charge on any atom is -0.469 e. The van der Waals surface area contributed by atoms with Gasteiger partial charge in [0, 0.05) is 4.88 Å². The molecule has 5 nitrogen and oxygen atoms in total. The zero-order valence-corrected chi connectivity index (χ0v) is 11.8. The smallest absolute Gasteiger partial charge is 0.341 e. The second kappa shape index (κ2) is 5.61. The summed E-state index contributed by atoms with van der Waals surface area (Å²) in [4.78, 5) is 24.4. The quantitative estimate of drug-likeness (QED) is 0.855. The minimum atomic E-state index is -0.367. The Bertz CT molecular complexity index is 509. The van der Waals surface area contributed by atoms with Crippen LogP contribution < -0.4 is 5.73 Å². The average Bonchev–Trinajstić information content (AvgIpc) is 2.72. The monoisotopic (exact) mass is 283 g/mol. The third-order valence-corrected chi connectivity index (χ3v) is 4.39. The van der Waals surface area contributed by atoms with E-state index in [0.29, 0.717) is 36.4 Å². The number of carbonyl (C=O) groups excluding carboxylic acids is 2. The molecule has 0 fully saturated rings. The van der Waals surface area contributed by atoms with E-state index in [9.17, 15) is 9.59 Å². The van der Waals surface area contributed by atoms with Crippen LogP contribution in [0, 0.1) is 5.92 Å². The normalized spacial score (nSPS) is 17.7. The second-order valence-corrected chi connectivity index (χ2v) is 5.56. The summed E-state index contributed by atoms with van der Waals surface area (Å²) < 4.78 is 9.80. The largest absolute Gasteiger partial charge is 0.469 e. The van der Waals surface area contributed by atoms with Crippen LogP contribution >= 0.6 is 11.3 Å². The average molecular weight is 283 g/mol. The SMILES string of the molecule is CCOC(=O)c1c(N)sc2c1CCC(C(=O)OC)C2. The molecule has 2 N–H and O–H groups in total. The predicted molar refractivity (Wildman–Crippen MR) is 72.2 cm³/mol. The van der Waals surface area contributed by atoms with Crippen LogP contribution in [0.5, 0.6) is 0 Å². The molecule has 0 saturated heterocycles. The molecule has 1 atom stereocenters. The molecule has 1 aliphatic rings. The van der Waals surface area contributed by atoms with Crippen molar-refractivity contribution in [3.63, 3.8) is 0 Å². The number of nitrogens with two attached hydrogens (primary N) is 1. The van der Waals surface area contributed by atoms with Crippen LogP contribution in [-0.4, -0.2) is 25.7 Å². The van der Waals surface area contributed by atoms with Gasteiger partial charge < -0.3 is 15.2 Å². The zero-order chi connectivity index (χ0) is 14.0. The van der Waals surface area contributed by atoms with Gasteiger partial charge in [-0.15, -0.1) is 11.3 Å². The lowest BCUT2D eigenvalue weighted by molar-refractivity contribution is -0.145. The fourth-order valence-corrected chi connectivity index (χ4v) is 3.59. The van der Waals surface area contributed by atoms with Gasteiger partial charge in [0.05, 0.1) is 25.2 Å². The third-order valence-electron chi connectivity index (χ3n) is 3.31. The van der Waals surface area contributed by atoms with Gasteiger partial charge in [0.25, 0.3) is 0 Å². The van der Waals surface area contributed by atoms with Crippen molar-refractivity contribution in [1.82, 2.24) is 0 Å². The van der Waals surface area contributed by atoms with Gasteiger partial charge in [-0.25, -0.2) is 4.79 Å². The molecular formula is C13H17NO4S. The first-order valence-electron chi connectivity index (χ1n) is 6.23. The summed E-state index contributed by atoms with van der Waals surface area (Å²) in [5.41, 5.74) is 7.34. The molecule has 0 aliphatic heterocycles. The van der Waals surface area contributed by atoms with Crippen LogP contribution in [-0.2, 0) is 27.1 Å². The standard InChI is InChI=1S/C13H17NO4S/c1-3-18-13(16)10-8-5-4-7(12(15)17-2)6-9(8)19-11(10)14/h7H,3-6,14H2,1-2H3. The number of carbonyl (C=O) groups is 2. The number of hydrogen-bond donors (Lipinski definition) is 1. The van der Waals surface area contributed by atoms with Crippen LogP contribution in [0.3, 0.4) is 0 Å². The molecule has 1 unspecified atom stereocenters. The van der Waals surface area contributed by atoms with Gasteiger partial charge >= 0.3 is 11.9 Å². The summed E-state index contributed by atoms with van der Waals surface area (Å²) in [5, 5.41) is 0.481. The summed E-state index contributed by atoms with van der Waals surface area (Å²) in [5.74, 6) is -0.699. The number of ether oxygens (including phenoxy) is 2. The lowest BCUT2D eigenvalue weighted by Gasteiger charge is -2.20. The fourth-order valence-electron chi connectivity index (χ4n) is 2.40. The number of esters is 2. The van der Waals surface area contributed by atoms with Gasteiger partial charge in [-0.2, -0.15) is 0 Å². The van der Waals surface area contributed by atoms with Gasteiger partial charge in [0.2, 0.25) is 0 Å². The van der Waals surface area contributed by atoms with E-state index in [4.69, 9.17) is 15.2 Å². The second-order valence-electron chi connectivity index (χ2n) is 4.43. The van der Waals surface area contributed by atoms with E-state index in [2.05, 4.69) is 0 Å². The summed E-state index contributed by atoms with van der Waals surface area (Å²) >= 11 is 1.37. The van der Waals surface area contributed by atoms with Crippen molar-refractivity contribution in [2.24, 2.45) is 5.92 Å². The number of thiophene rings is 1. The molecule has 0 saturated carbocycles. The summed E-state index contributed by atoms with van der Waals surface area (Å²) in [6.07, 6.45) is 1.94. The minimum absolute atomic E-state index is 0.134. The van der Waals surface area contributed by atoms with Crippen molar-refractivity contribution in [3.05, 3.63) is 16.0 Å². The Hall–Kier alpha value is -1.56. The van der Waals surface area contributed by atoms with Gasteiger partial charge in [-0.05, 0) is 31.7 Å². The first-order chi connectivity index (χ1) is 9.08. The number of fused-ring (bicyclic) bond motifs is 1. The number of methoxy groups -OCH3 is 1. The fraction of sp³-hybridized carbons (Fsp3) is 0.538. The van der Waals surface area contributed by atoms with Gasteiger partial charge in [0.15, 0.2) is 0 Å². The van der Waals surface area contributed by atoms with Gasteiger partial charge in [0.1, 0.15) is 5.00 Å². The highest BCUT2D eigenvalue weighted by Crippen LogP contribution is 2.38. The molecule has 19 heavy (non-hydrogen) atoms. The molecule has 0 aromatic carbocycles. The highest BCUT2D eigenvalue weighted by molar-refractivity contribution is 7.16. The molecule has 1 aromatic heterocycles. The van der Waals surface area contributed by atoms with Crippen molar-refractivity contribution in [3.8, 4) is 0 Å². The first-order valence-corrected chi connectivity index (χ1v) is 7.05. The molecule has 6 heteroatoms. The maximum atomic E-state index is 11.9. The molecule has 2 rings (SSSR count). The first kappa shape index (κ1) is 13.9. The Morgan fingerprint density at radius 2 is 2.21 bits per heavy atom. The van der Waals surface area contributed by atoms with Crippen molar-refractivity contribution in [2.45, 2.75) is 26.2 Å². The molecule has 0 spiro atoms. The van der Waals surface area contributed by atoms with E-state index in [-0.39, 0.29) is 17.9 Å². The van der Waals surface area contributed by atoms with Crippen LogP contribution in [0.25, 0.3) is 0 Å². The maximum Gasteiger partial charge on any atom is 0.341 e. The van der Waals surface area contributed by atoms with Gasteiger partial charge in [-0.3, -0.25) is 4.79 Å². The number of rotatable bonds is 3. The summed E-state index contributed by atoms with van der Waals surface area (Å²) in [6.45, 7) is 2.09. The third kappa shape index (κ3) is 2.58. The number of hydrogen-bond acceptors (Lipinski definition) is 6. The number of anilines is 1. The van der Waals surface area contributed by atoms with Crippen molar-refractivity contribution < 1.29 is 19.1 Å². The van der Waals surface area contributed by atoms with Crippen LogP contribution in [0.4, 0.5) is 5.00 Å². The van der Waals surface area contributed by atoms with Crippen molar-refractivity contribution >= 4 is 28.3 Å². The summed E-state index contributed by atoms with van der Waals surface area (Å²) in [7, 11) is 1.39. The van der Waals surface area contributed by atoms with E-state index in [0.717, 1.165) is 10.4 Å². The maximum absolute atomic E-state index is 11.9. The zero-order valence-electron chi connectivity index (χ0n) is 11.0. The molecule has 0 bridgehead atoms. The molecule has 104 valence electrons. The highest BCUT2D eigenvalue weighted by Gasteiger charge is 2.31. The Morgan fingerprint density at radius 1 is 1.47 bits per heavy atom. The van der Waals surface area contributed by atoms with Gasteiger partial charge in [-0.1, -0.05) is 0 Å². The Labute approximate surface area is 115 Å². The molecule has 0 radical (unpaired) electrons. The lowest BCUT2D eigenvalue weighted by Crippen LogP contribution is -2.23. The predicted octanol–water partition coefficient (Wildman–Crippen LogP) is 1.78. The highest BCUT2D eigenvalue weighted by atomic mass is 32.1. The van der Waals surface area contributed by atoms with E-state index in [1.165, 1.54) is 18.4 Å². The van der Waals surface area contributed by atoms with Crippen molar-refractivity contribution in [1.29, 1.82) is 0 Å². The van der Waals surface area contributed by atoms with E-state index in [1.807, 2.05) is 0 Å². The van der Waals surface area contributed by atoms with Crippen molar-refractivity contribution in [2.75, 3.05) is 19.5 Å². The number of nitrogen functional groups attached to an aromatic ring is 1. The molecule has 1 heterocycles. The molecule has 1 aliphatic carbocycles. The lowest BCUT2D eigenvalue weighted by atomic mass is 9.87. The Morgan fingerprint density at radius 3 is 2.84 bits per heavy atom. The van der Waals surface area contributed by atoms with E-state index in [1.54, 1.807) is 6.92 Å². The van der Waals surface area contributed by atoms with E-state index >= 15 is 0 Å². The Balaban J connectivity index is 2.27. The topological polar surface area (TPSA) is 78.6 Å². The Kier molecular flexibility index (Phi) is 4.09. The van der Waals surface area contributed by atoms with Crippen LogP contribution in [0.2, 0.25) is 0 Å². The molecule has 0 amide bonds. The van der Waals surface area contributed by atoms with E-state index < -0.39 is 0 Å². The molecule has 1 aromatic rings. The molecular weight excluding hydrogens is 266 g/mol. The van der Waals surface area contributed by atoms with Crippen LogP contribution in [0.1, 0.15) is 34.1 Å². The van der Waals surface area contributed by atoms with Crippen LogP contribution in [0.15, 0.2) is 0 Å². The summed E-state index contributed by atoms with van der Waals surface area (Å²) in [6, 6.07) is 0.